The van der Waals surface area contributed by atoms with Gasteiger partial charge in [0.25, 0.3) is 0 Å². The lowest BCUT2D eigenvalue weighted by Crippen LogP contribution is -2.58. The lowest BCUT2D eigenvalue weighted by atomic mass is 10.0. The van der Waals surface area contributed by atoms with E-state index in [0.717, 1.165) is 0 Å². The summed E-state index contributed by atoms with van der Waals surface area (Å²) in [5, 5.41) is 26.3. The maximum absolute atomic E-state index is 13.5. The molecule has 0 heterocycles. The highest BCUT2D eigenvalue weighted by molar-refractivity contribution is 5.92. The number of carbonyl (C=O) groups is 6. The minimum Gasteiger partial charge on any atom is -0.481 e. The van der Waals surface area contributed by atoms with E-state index < -0.39 is 42.0 Å². The summed E-state index contributed by atoms with van der Waals surface area (Å²) < 4.78 is 0. The van der Waals surface area contributed by atoms with Crippen LogP contribution in [0.15, 0.2) is 0 Å². The number of likely N-dealkylation sites (N-methyl/N-ethyl adjacent to an activating group) is 1. The number of carboxylic acids is 1. The van der Waals surface area contributed by atoms with Gasteiger partial charge in [0, 0.05) is 32.0 Å². The normalized spacial score (nSPS) is 14.6. The van der Waals surface area contributed by atoms with Gasteiger partial charge in [0.05, 0.1) is 6.04 Å². The third-order valence-electron chi connectivity index (χ3n) is 7.40. The van der Waals surface area contributed by atoms with Crippen LogP contribution in [0.3, 0.4) is 0 Å². The molecule has 0 aromatic heterocycles. The Morgan fingerprint density at radius 2 is 1.24 bits per heavy atom. The lowest BCUT2D eigenvalue weighted by molar-refractivity contribution is -0.137. The fraction of sp³-hybridized carbons (Fsp3) is 0.818. The number of carbonyl (C=O) groups excluding carboxylic acids is 5. The van der Waals surface area contributed by atoms with Gasteiger partial charge in [-0.3, -0.25) is 28.8 Å². The molecule has 13 heteroatoms. The number of nitrogens with one attached hydrogen (secondary N) is 6. The van der Waals surface area contributed by atoms with Crippen molar-refractivity contribution in [3.05, 3.63) is 0 Å². The molecule has 0 aliphatic carbocycles. The first-order chi connectivity index (χ1) is 21.6. The molecule has 5 atom stereocenters. The Hall–Kier alpha value is -3.22. The molecule has 13 nitrogen and oxygen atoms in total. The van der Waals surface area contributed by atoms with Crippen molar-refractivity contribution in [2.75, 3.05) is 13.1 Å². The van der Waals surface area contributed by atoms with E-state index in [4.69, 9.17) is 5.11 Å². The predicted molar refractivity (Wildman–Crippen MR) is 179 cm³/mol. The van der Waals surface area contributed by atoms with Crippen molar-refractivity contribution in [3.8, 4) is 0 Å². The Kier molecular flexibility index (Phi) is 21.5. The second kappa shape index (κ2) is 23.2. The first-order valence-corrected chi connectivity index (χ1v) is 17.0. The average Bonchev–Trinajstić information content (AvgIpc) is 2.94. The van der Waals surface area contributed by atoms with Gasteiger partial charge >= 0.3 is 5.97 Å². The van der Waals surface area contributed by atoms with Gasteiger partial charge in [-0.2, -0.15) is 0 Å². The van der Waals surface area contributed by atoms with Crippen LogP contribution in [-0.2, 0) is 28.8 Å². The van der Waals surface area contributed by atoms with Crippen LogP contribution in [0, 0.1) is 17.8 Å². The van der Waals surface area contributed by atoms with E-state index in [1.54, 1.807) is 0 Å². The molecule has 0 saturated heterocycles. The smallest absolute Gasteiger partial charge is 0.303 e. The van der Waals surface area contributed by atoms with Crippen molar-refractivity contribution in [1.82, 2.24) is 31.9 Å². The SMILES string of the molecule is CCC[C@H](NC(=O)[C@H](CC(C)C)NC(=O)CCCC(=O)O)C(=O)N[C@H](CN[C@@H](CC)C(=O)N[C@H](C(=O)NCC)C(C)C)CC(C)C. The largest absolute Gasteiger partial charge is 0.481 e. The van der Waals surface area contributed by atoms with Crippen LogP contribution in [0.25, 0.3) is 0 Å². The fourth-order valence-corrected chi connectivity index (χ4v) is 5.04. The summed E-state index contributed by atoms with van der Waals surface area (Å²) in [4.78, 5) is 75.7. The zero-order chi connectivity index (χ0) is 35.4. The Balaban J connectivity index is 5.59. The molecule has 0 rings (SSSR count). The summed E-state index contributed by atoms with van der Waals surface area (Å²) in [5.74, 6) is -2.55. The van der Waals surface area contributed by atoms with Crippen LogP contribution >= 0.6 is 0 Å². The predicted octanol–water partition coefficient (Wildman–Crippen LogP) is 2.23. The van der Waals surface area contributed by atoms with Crippen molar-refractivity contribution in [2.24, 2.45) is 17.8 Å². The van der Waals surface area contributed by atoms with Crippen molar-refractivity contribution in [3.63, 3.8) is 0 Å². The zero-order valence-electron chi connectivity index (χ0n) is 29.6. The summed E-state index contributed by atoms with van der Waals surface area (Å²) >= 11 is 0. The van der Waals surface area contributed by atoms with Gasteiger partial charge < -0.3 is 37.0 Å². The summed E-state index contributed by atoms with van der Waals surface area (Å²) in [7, 11) is 0. The highest BCUT2D eigenvalue weighted by atomic mass is 16.4. The molecule has 0 aliphatic heterocycles. The van der Waals surface area contributed by atoms with Gasteiger partial charge in [0.1, 0.15) is 18.1 Å². The van der Waals surface area contributed by atoms with Gasteiger partial charge in [0.15, 0.2) is 0 Å². The Labute approximate surface area is 275 Å². The number of aliphatic carboxylic acids is 1. The minimum atomic E-state index is -0.992. The molecule has 0 aromatic carbocycles. The summed E-state index contributed by atoms with van der Waals surface area (Å²) in [6, 6.07) is -3.28. The highest BCUT2D eigenvalue weighted by Crippen LogP contribution is 2.10. The van der Waals surface area contributed by atoms with Crippen molar-refractivity contribution in [1.29, 1.82) is 0 Å². The quantitative estimate of drug-likeness (QED) is 0.0823. The molecule has 266 valence electrons. The van der Waals surface area contributed by atoms with E-state index in [-0.39, 0.29) is 60.8 Å². The highest BCUT2D eigenvalue weighted by Gasteiger charge is 2.30. The van der Waals surface area contributed by atoms with Crippen molar-refractivity contribution >= 4 is 35.5 Å². The Morgan fingerprint density at radius 1 is 0.652 bits per heavy atom. The monoisotopic (exact) mass is 654 g/mol. The van der Waals surface area contributed by atoms with Gasteiger partial charge in [-0.1, -0.05) is 61.8 Å². The van der Waals surface area contributed by atoms with Crippen LogP contribution in [0.1, 0.15) is 114 Å². The molecular weight excluding hydrogens is 592 g/mol. The second-order valence-electron chi connectivity index (χ2n) is 13.2. The van der Waals surface area contributed by atoms with E-state index in [1.165, 1.54) is 0 Å². The second-order valence-corrected chi connectivity index (χ2v) is 13.2. The molecule has 5 amide bonds. The molecular formula is C33H62N6O7. The molecule has 0 unspecified atom stereocenters. The lowest BCUT2D eigenvalue weighted by Gasteiger charge is -2.28. The maximum Gasteiger partial charge on any atom is 0.303 e. The van der Waals surface area contributed by atoms with E-state index in [9.17, 15) is 28.8 Å². The van der Waals surface area contributed by atoms with Crippen LogP contribution in [0.2, 0.25) is 0 Å². The molecule has 46 heavy (non-hydrogen) atoms. The third kappa shape index (κ3) is 18.1. The molecule has 0 fully saturated rings. The number of amides is 5. The van der Waals surface area contributed by atoms with Crippen LogP contribution in [0.4, 0.5) is 0 Å². The first kappa shape index (κ1) is 42.8. The van der Waals surface area contributed by atoms with Gasteiger partial charge in [0.2, 0.25) is 29.5 Å². The summed E-state index contributed by atoms with van der Waals surface area (Å²) in [6.45, 7) is 18.0. The molecule has 0 saturated carbocycles. The van der Waals surface area contributed by atoms with E-state index >= 15 is 0 Å². The van der Waals surface area contributed by atoms with Gasteiger partial charge in [-0.05, 0) is 56.8 Å². The van der Waals surface area contributed by atoms with Crippen LogP contribution in [-0.4, -0.2) is 83.9 Å². The van der Waals surface area contributed by atoms with Crippen molar-refractivity contribution in [2.45, 2.75) is 144 Å². The minimum absolute atomic E-state index is 0.0161. The van der Waals surface area contributed by atoms with E-state index in [0.29, 0.717) is 45.2 Å². The fourth-order valence-electron chi connectivity index (χ4n) is 5.04. The number of hydrogen-bond donors (Lipinski definition) is 7. The van der Waals surface area contributed by atoms with Crippen molar-refractivity contribution < 1.29 is 33.9 Å². The zero-order valence-corrected chi connectivity index (χ0v) is 29.6. The van der Waals surface area contributed by atoms with E-state index in [2.05, 4.69) is 31.9 Å². The molecule has 7 N–H and O–H groups in total. The number of carboxylic acid groups (broad SMARTS) is 1. The third-order valence-corrected chi connectivity index (χ3v) is 7.40. The first-order valence-electron chi connectivity index (χ1n) is 17.0. The average molecular weight is 655 g/mol. The molecule has 0 bridgehead atoms. The van der Waals surface area contributed by atoms with E-state index in [1.807, 2.05) is 62.3 Å². The standard InChI is InChI=1S/C33H62N6O7/c1-10-14-25(38-32(45)26(18-21(6)7)37-27(40)15-13-16-28(41)42)31(44)36-23(17-20(4)5)19-35-24(11-2)30(43)39-29(22(8)9)33(46)34-12-3/h20-26,29,35H,10-19H2,1-9H3,(H,34,46)(H,36,44)(H,37,40)(H,38,45)(H,39,43)(H,41,42)/t23-,24-,25-,26-,29-/m0/s1. The number of rotatable bonds is 24. The summed E-state index contributed by atoms with van der Waals surface area (Å²) in [6.07, 6.45) is 2.47. The van der Waals surface area contributed by atoms with Gasteiger partial charge in [-0.15, -0.1) is 0 Å². The Bertz CT molecular complexity index is 972. The van der Waals surface area contributed by atoms with Crippen LogP contribution < -0.4 is 31.9 Å². The van der Waals surface area contributed by atoms with Crippen LogP contribution in [0.5, 0.6) is 0 Å². The summed E-state index contributed by atoms with van der Waals surface area (Å²) in [5.41, 5.74) is 0. The molecule has 0 radical (unpaired) electrons. The Morgan fingerprint density at radius 3 is 1.74 bits per heavy atom. The topological polar surface area (TPSA) is 195 Å². The molecule has 0 aromatic rings. The molecule has 0 spiro atoms. The van der Waals surface area contributed by atoms with Gasteiger partial charge in [-0.25, -0.2) is 0 Å². The maximum atomic E-state index is 13.5. The molecule has 0 aliphatic rings. The number of hydrogen-bond acceptors (Lipinski definition) is 7.